The molecule has 88 heavy (non-hydrogen) atoms. The molecule has 0 radical (unpaired) electrons. The molecule has 11 N–H and O–H groups in total. The van der Waals surface area contributed by atoms with Crippen LogP contribution in [0.2, 0.25) is 0 Å². The van der Waals surface area contributed by atoms with Crippen LogP contribution >= 0.6 is 25.9 Å². The molecule has 0 bridgehead atoms. The first-order valence-electron chi connectivity index (χ1n) is 27.1. The number of aliphatic carboxylic acids is 1. The van der Waals surface area contributed by atoms with Crippen LogP contribution in [-0.2, 0) is 57.4 Å². The van der Waals surface area contributed by atoms with Gasteiger partial charge >= 0.3 is 242 Å². The molecule has 0 aliphatic rings. The number of halogens is 1. The summed E-state index contributed by atoms with van der Waals surface area (Å²) in [5.74, 6) is -2.73. The minimum atomic E-state index is -1.29. The number of carbonyl (C=O) groups is 10. The van der Waals surface area contributed by atoms with Gasteiger partial charge in [0.2, 0.25) is 5.91 Å². The van der Waals surface area contributed by atoms with Gasteiger partial charge < -0.3 is 89.7 Å². The maximum absolute atomic E-state index is 12.1. The van der Waals surface area contributed by atoms with Gasteiger partial charge in [-0.25, -0.2) is 14.4 Å². The number of carbonyl (C=O) groups excluding carboxylic acids is 9. The molecule has 0 aliphatic carbocycles. The SMILES string of the molecule is C.C.C#[N+]CCCC.CC(=O)O.CCCCNC(=O)C(O)[C@H](C)N.CCCCNC(=O)C(O)[C@H](C)NC(=O)OC(C)(C)C.CCCCNC(=O)C(OC(C)=O)[C@H](C)NC(=O)OC(C)(C)C.C[C@@H](C=O)NC(=O)OC(C)(C)C.Cl.O=CO[O-].S.[H-].[H-].[K+].[K+].[K+].[K][K]. The molecule has 0 aliphatic heterocycles. The zero-order chi connectivity index (χ0) is 65.5. The number of aldehydes is 1. The van der Waals surface area contributed by atoms with Crippen molar-refractivity contribution < 1.29 is 249 Å². The second-order valence-electron chi connectivity index (χ2n) is 20.1. The van der Waals surface area contributed by atoms with Crippen molar-refractivity contribution >= 4 is 150 Å². The number of aliphatic hydroxyl groups is 2. The predicted octanol–water partition coefficient (Wildman–Crippen LogP) is -3.81. The number of carboxylic acids is 1. The van der Waals surface area contributed by atoms with Gasteiger partial charge in [0, 0.05) is 45.9 Å². The van der Waals surface area contributed by atoms with Crippen LogP contribution < -0.4 is 197 Å². The quantitative estimate of drug-likeness (QED) is 0.00892. The number of nitrogens with one attached hydrogen (secondary N) is 6. The number of nitrogens with zero attached hydrogens (tertiary/aromatic N) is 1. The summed E-state index contributed by atoms with van der Waals surface area (Å²) in [5, 5.41) is 49.9. The molecule has 34 heteroatoms. The van der Waals surface area contributed by atoms with Crippen LogP contribution in [-0.4, -0.2) is 225 Å². The molecule has 0 aromatic rings. The number of nitrogens with two attached hydrogens (primary N) is 1. The van der Waals surface area contributed by atoms with E-state index >= 15 is 0 Å². The van der Waals surface area contributed by atoms with E-state index in [0.717, 1.165) is 58.4 Å². The van der Waals surface area contributed by atoms with Crippen LogP contribution in [0.5, 0.6) is 0 Å². The number of amides is 6. The van der Waals surface area contributed by atoms with E-state index in [1.54, 1.807) is 90.0 Å². The van der Waals surface area contributed by atoms with Crippen LogP contribution in [0, 0.1) is 6.57 Å². The summed E-state index contributed by atoms with van der Waals surface area (Å²) in [6.45, 7) is 39.6. The van der Waals surface area contributed by atoms with Crippen LogP contribution in [0.15, 0.2) is 0 Å². The third kappa shape index (κ3) is 110. The van der Waals surface area contributed by atoms with E-state index in [9.17, 15) is 43.5 Å². The molecular formula is C54H115ClK5N8O19S+. The summed E-state index contributed by atoms with van der Waals surface area (Å²) in [6.07, 6.45) is 3.12. The van der Waals surface area contributed by atoms with Crippen molar-refractivity contribution in [3.8, 4) is 6.57 Å². The molecule has 0 fully saturated rings. The number of aliphatic hydroxyl groups excluding tert-OH is 2. The zero-order valence-corrected chi connectivity index (χ0v) is 74.0. The van der Waals surface area contributed by atoms with Crippen molar-refractivity contribution in [2.75, 3.05) is 26.2 Å². The minimum absolute atomic E-state index is 0. The monoisotopic (exact) mass is 1440 g/mol. The van der Waals surface area contributed by atoms with E-state index in [-0.39, 0.29) is 210 Å². The fourth-order valence-electron chi connectivity index (χ4n) is 4.42. The van der Waals surface area contributed by atoms with E-state index in [1.807, 2.05) is 20.8 Å². The molecule has 502 valence electrons. The van der Waals surface area contributed by atoms with Crippen molar-refractivity contribution in [1.29, 1.82) is 0 Å². The average Bonchev–Trinajstić information content (AvgIpc) is 3.33. The van der Waals surface area contributed by atoms with Crippen LogP contribution in [0.3, 0.4) is 0 Å². The molecule has 6 amide bonds. The maximum atomic E-state index is 12.1. The third-order valence-electron chi connectivity index (χ3n) is 8.12. The number of carboxylic acid groups (broad SMARTS) is 1. The zero-order valence-electron chi connectivity index (χ0n) is 58.6. The molecule has 0 aromatic heterocycles. The number of rotatable bonds is 23. The Morgan fingerprint density at radius 3 is 1.14 bits per heavy atom. The first kappa shape index (κ1) is 127. The number of esters is 1. The molecular weight excluding hydrogens is 1330 g/mol. The Bertz CT molecular complexity index is 1770. The Labute approximate surface area is 717 Å². The van der Waals surface area contributed by atoms with Gasteiger partial charge in [-0.3, -0.25) is 28.8 Å². The Morgan fingerprint density at radius 2 is 0.898 bits per heavy atom. The third-order valence-corrected chi connectivity index (χ3v) is 8.12. The van der Waals surface area contributed by atoms with Crippen molar-refractivity contribution in [2.24, 2.45) is 5.73 Å². The second-order valence-corrected chi connectivity index (χ2v) is 20.1. The van der Waals surface area contributed by atoms with E-state index in [4.69, 9.17) is 56.3 Å². The van der Waals surface area contributed by atoms with Crippen LogP contribution in [0.4, 0.5) is 14.4 Å². The summed E-state index contributed by atoms with van der Waals surface area (Å²) in [5.41, 5.74) is 3.55. The molecule has 0 aromatic carbocycles. The standard InChI is InChI=1S/C15H28N2O5.C13H26N2O4.C8H18N2O2.C8H15NO3.C5H10N.C2H4O2.CH2O3.2CH4.ClH.5K.H2S.2H/c1-7-8-9-16-13(19)12(21-11(3)18)10(2)17-14(20)22-15(4,5)6;1-6-7-8-14-11(17)10(16)9(2)15-12(18)19-13(3,4)5;1-3-4-5-10-8(12)7(11)6(2)9;1-6(5-10)9-7(11)12-8(2,3)4;1-3-4-5-6-2;1-2(3)4;2-1-4-3;;;;;;;;;;;/h10,12H,7-9H2,1-6H3,(H,16,19)(H,17,20);9-10,16H,6-8H2,1-5H3,(H,14,17)(H,15,18);6-7,11H,3-5,9H2,1-2H3,(H,10,12);5-6H,1-4H3,(H,9,11);2H,3-5H2,1H3;1H3,(H,3,4);1,3H;2*1H4;1H;;;;;;1H2;;/q;;;;+1;;;;;;;;3*+1;;2*-1/p-1/t10-,12?;9-,10?;6-,7?;6-;;;;;;;;;;;;;;/m0000............../s1. The number of alkyl carbamates (subject to hydrolysis) is 3. The molecule has 0 spiro atoms. The van der Waals surface area contributed by atoms with Crippen molar-refractivity contribution in [3.05, 3.63) is 4.85 Å². The summed E-state index contributed by atoms with van der Waals surface area (Å²) in [7, 11) is 0. The van der Waals surface area contributed by atoms with E-state index < -0.39 is 101 Å². The van der Waals surface area contributed by atoms with Gasteiger partial charge in [-0.2, -0.15) is 13.5 Å². The van der Waals surface area contributed by atoms with Gasteiger partial charge in [0.25, 0.3) is 37.4 Å². The Kier molecular flexibility index (Phi) is 121. The molecule has 0 rings (SSSR count). The summed E-state index contributed by atoms with van der Waals surface area (Å²) < 4.78 is 20.1. The van der Waals surface area contributed by atoms with Gasteiger partial charge in [0.15, 0.2) is 12.2 Å². The molecule has 3 unspecified atom stereocenters. The topological polar surface area (TPSA) is 403 Å². The van der Waals surface area contributed by atoms with Gasteiger partial charge in [0.1, 0.15) is 29.2 Å². The summed E-state index contributed by atoms with van der Waals surface area (Å²) in [6, 6.07) is -2.43. The second kappa shape index (κ2) is 83.7. The Hall–Kier alpha value is 2.45. The molecule has 0 saturated heterocycles. The number of ether oxygens (including phenoxy) is 4. The normalized spacial score (nSPS) is 11.6. The van der Waals surface area contributed by atoms with Crippen LogP contribution in [0.25, 0.3) is 4.85 Å². The first-order valence-corrected chi connectivity index (χ1v) is 43.1. The number of hydrogen-bond donors (Lipinski definition) is 10. The number of hydrogen-bond acceptors (Lipinski definition) is 19. The van der Waals surface area contributed by atoms with Gasteiger partial charge in [-0.15, -0.1) is 12.4 Å². The van der Waals surface area contributed by atoms with E-state index in [1.165, 1.54) is 76.5 Å². The predicted molar refractivity (Wildman–Crippen MR) is 341 cm³/mol. The fourth-order valence-corrected chi connectivity index (χ4v) is 4.42. The molecule has 0 saturated carbocycles. The van der Waals surface area contributed by atoms with Crippen LogP contribution in [0.1, 0.15) is 201 Å². The molecule has 7 atom stereocenters. The number of unbranched alkanes of at least 4 members (excludes halogenated alkanes) is 4. The Morgan fingerprint density at radius 1 is 0.614 bits per heavy atom. The van der Waals surface area contributed by atoms with Gasteiger partial charge in [-0.1, -0.05) is 66.7 Å². The van der Waals surface area contributed by atoms with Gasteiger partial charge in [0.05, 0.1) is 18.1 Å². The van der Waals surface area contributed by atoms with Crippen molar-refractivity contribution in [1.82, 2.24) is 31.9 Å². The van der Waals surface area contributed by atoms with Crippen molar-refractivity contribution in [3.63, 3.8) is 0 Å². The first-order chi connectivity index (χ1) is 37.2. The molecule has 0 heterocycles. The average molecular weight is 1440 g/mol. The Balaban J connectivity index is -0.0000000479. The van der Waals surface area contributed by atoms with Gasteiger partial charge in [-0.05, 0) is 116 Å². The van der Waals surface area contributed by atoms with Crippen molar-refractivity contribution in [2.45, 2.75) is 257 Å². The summed E-state index contributed by atoms with van der Waals surface area (Å²) >= 11 is 2.50. The fraction of sp³-hybridized carbons (Fsp3) is 0.796. The van der Waals surface area contributed by atoms with E-state index in [2.05, 4.69) is 48.6 Å². The molecule has 27 nitrogen and oxygen atoms in total. The van der Waals surface area contributed by atoms with E-state index in [0.29, 0.717) is 25.9 Å². The summed E-state index contributed by atoms with van der Waals surface area (Å²) in [4.78, 5) is 114.